The molecular formula is C131H157BN4. The van der Waals surface area contributed by atoms with Crippen molar-refractivity contribution in [1.82, 2.24) is 9.13 Å². The van der Waals surface area contributed by atoms with Gasteiger partial charge < -0.3 is 18.9 Å². The van der Waals surface area contributed by atoms with Gasteiger partial charge in [-0.05, 0) is 326 Å². The van der Waals surface area contributed by atoms with E-state index >= 15 is 0 Å². The molecular weight excluding hydrogens is 1640 g/mol. The maximum Gasteiger partial charge on any atom is 0.252 e. The maximum atomic E-state index is 9.97. The molecule has 0 radical (unpaired) electrons. The van der Waals surface area contributed by atoms with Crippen LogP contribution in [0.1, 0.15) is 301 Å². The lowest BCUT2D eigenvalue weighted by Gasteiger charge is -2.46. The monoisotopic (exact) mass is 1810 g/mol. The van der Waals surface area contributed by atoms with Gasteiger partial charge in [-0.2, -0.15) is 0 Å². The average Bonchev–Trinajstić information content (AvgIpc) is 0.859. The number of anilines is 6. The van der Waals surface area contributed by atoms with E-state index < -0.39 is 53.9 Å². The summed E-state index contributed by atoms with van der Waals surface area (Å²) < 4.78 is 84.5. The number of nitrogens with zero attached hydrogens (tertiary/aromatic N) is 4. The Labute approximate surface area is 830 Å². The zero-order chi connectivity index (χ0) is 105. The Morgan fingerprint density at radius 1 is 0.228 bits per heavy atom. The van der Waals surface area contributed by atoms with E-state index in [1.807, 2.05) is 107 Å². The van der Waals surface area contributed by atoms with Crippen molar-refractivity contribution in [2.45, 2.75) is 297 Å². The summed E-state index contributed by atoms with van der Waals surface area (Å²) in [5.74, 6) is 0. The predicted molar refractivity (Wildman–Crippen MR) is 597 cm³/mol. The standard InChI is InChI=1S/C131H157BN4/c1-121(2,3)74-83-38-34-42-92(58-83)100-68-96(130(28,29)30)69-101(93-43-35-39-84(59-93)75-122(4,5)6)119(100)135-114-72-98(133-110-54-46-87(78-125(13,14)15)62-104(110)105-63-88(47-55-111(105)133)79-126(16,17)18)50-52-108(114)132-109-53-51-99(134-112-56-48-89(80-127(19,20)21)64-106(112)107-65-90(49-57-113(107)134)81-128(22,23)24)73-115(109)136(117-67-91(82-129(25,26)27)66-116(135)118(117)132)120-102(94-44-36-40-85(60-94)76-123(7,8)9)70-97(131(31,32)33)71-103(120)95-45-37-41-86(61-95)77-124(10,11)12/h34-73H,74-82H2,1-33H3/i78D2,79D2,80D2,81D2. The van der Waals surface area contributed by atoms with Crippen molar-refractivity contribution in [1.29, 1.82) is 0 Å². The molecule has 4 nitrogen and oxygen atoms in total. The highest BCUT2D eigenvalue weighted by molar-refractivity contribution is 7.00. The fraction of sp³-hybridized carbons (Fsp3) is 0.405. The maximum absolute atomic E-state index is 9.97. The topological polar surface area (TPSA) is 16.3 Å². The molecule has 15 aromatic rings. The summed E-state index contributed by atoms with van der Waals surface area (Å²) in [5, 5.41) is 3.33. The van der Waals surface area contributed by atoms with Gasteiger partial charge in [-0.25, -0.2) is 0 Å². The number of fused-ring (bicyclic) bond motifs is 10. The Kier molecular flexibility index (Phi) is 22.1. The van der Waals surface area contributed by atoms with Gasteiger partial charge in [-0.15, -0.1) is 0 Å². The minimum Gasteiger partial charge on any atom is -0.310 e. The van der Waals surface area contributed by atoms with Gasteiger partial charge >= 0.3 is 0 Å². The van der Waals surface area contributed by atoms with E-state index in [1.54, 1.807) is 0 Å². The Balaban J connectivity index is 1.11. The van der Waals surface area contributed by atoms with Crippen molar-refractivity contribution >= 4 is 101 Å². The molecule has 704 valence electrons. The lowest BCUT2D eigenvalue weighted by atomic mass is 9.33. The van der Waals surface area contributed by atoms with Gasteiger partial charge in [0, 0.05) is 88.9 Å². The van der Waals surface area contributed by atoms with E-state index in [0.717, 1.165) is 181 Å². The molecule has 5 heteroatoms. The predicted octanol–water partition coefficient (Wildman–Crippen LogP) is 35.5. The zero-order valence-corrected chi connectivity index (χ0v) is 88.5. The minimum absolute atomic E-state index is 0.0448. The van der Waals surface area contributed by atoms with Crippen molar-refractivity contribution in [3.8, 4) is 55.9 Å². The summed E-state index contributed by atoms with van der Waals surface area (Å²) in [7, 11) is 0. The molecule has 0 bridgehead atoms. The molecule has 136 heavy (non-hydrogen) atoms. The van der Waals surface area contributed by atoms with Crippen LogP contribution in [0.15, 0.2) is 243 Å². The SMILES string of the molecule is [2H]C([2H])(c1ccc2c(c1)c1cc(C([2H])([2H])C(C)(C)C)ccc1n2-c1ccc2c(c1)N(c1c(-c3cccc(CC(C)(C)C)c3)cc(C(C)(C)C)cc1-c1cccc(CC(C)(C)C)c1)c1cc(CC(C)(C)C)cc3c1B2c1ccc(-n2c4ccc(C([2H])([2H])C(C)(C)C)cc4c4cc(C([2H])([2H])C(C)(C)C)ccc42)cc1N3c1c(-c2cccc(CC(C)(C)C)c2)cc(C(C)(C)C)cc1-c1cccc(CC(C)(C)C)c1)C(C)(C)C. The molecule has 0 atom stereocenters. The van der Waals surface area contributed by atoms with Crippen molar-refractivity contribution in [3.63, 3.8) is 0 Å². The van der Waals surface area contributed by atoms with Crippen LogP contribution in [-0.2, 0) is 68.4 Å². The molecule has 0 amide bonds. The lowest BCUT2D eigenvalue weighted by Crippen LogP contribution is -2.61. The first-order chi connectivity index (χ1) is 66.3. The van der Waals surface area contributed by atoms with Gasteiger partial charge in [0.2, 0.25) is 0 Å². The molecule has 13 aromatic carbocycles. The number of rotatable bonds is 17. The average molecular weight is 1810 g/mol. The molecule has 4 heterocycles. The zero-order valence-electron chi connectivity index (χ0n) is 96.5. The summed E-state index contributed by atoms with van der Waals surface area (Å²) in [6.45, 7) is 72.5. The van der Waals surface area contributed by atoms with E-state index in [2.05, 4.69) is 383 Å². The van der Waals surface area contributed by atoms with Gasteiger partial charge in [0.15, 0.2) is 0 Å². The highest BCUT2D eigenvalue weighted by atomic mass is 15.2. The second-order valence-electron chi connectivity index (χ2n) is 52.6. The van der Waals surface area contributed by atoms with Crippen LogP contribution >= 0.6 is 0 Å². The van der Waals surface area contributed by atoms with Crippen molar-refractivity contribution in [2.75, 3.05) is 9.80 Å². The van der Waals surface area contributed by atoms with E-state index in [4.69, 9.17) is 0 Å². The summed E-state index contributed by atoms with van der Waals surface area (Å²) in [6, 6.07) is 92.1. The first-order valence-electron chi connectivity index (χ1n) is 54.3. The van der Waals surface area contributed by atoms with E-state index in [-0.39, 0.29) is 37.9 Å². The third-order valence-corrected chi connectivity index (χ3v) is 26.2. The molecule has 2 aliphatic rings. The lowest BCUT2D eigenvalue weighted by molar-refractivity contribution is 0.411. The third-order valence-electron chi connectivity index (χ3n) is 26.2. The number of hydrogen-bond acceptors (Lipinski definition) is 2. The van der Waals surface area contributed by atoms with Gasteiger partial charge in [-0.1, -0.05) is 362 Å². The van der Waals surface area contributed by atoms with Gasteiger partial charge in [0.25, 0.3) is 6.71 Å². The molecule has 0 fully saturated rings. The van der Waals surface area contributed by atoms with E-state index in [1.165, 1.54) is 33.4 Å². The summed E-state index contributed by atoms with van der Waals surface area (Å²) in [5.41, 5.74) is 30.0. The van der Waals surface area contributed by atoms with Gasteiger partial charge in [-0.3, -0.25) is 0 Å². The van der Waals surface area contributed by atoms with Crippen molar-refractivity contribution < 1.29 is 11.0 Å². The Bertz CT molecular complexity index is 6810. The summed E-state index contributed by atoms with van der Waals surface area (Å²) in [4.78, 5) is 5.45. The molecule has 0 saturated heterocycles. The Morgan fingerprint density at radius 2 is 0.478 bits per heavy atom. The molecule has 17 rings (SSSR count). The van der Waals surface area contributed by atoms with Crippen LogP contribution in [0.5, 0.6) is 0 Å². The fourth-order valence-electron chi connectivity index (χ4n) is 21.5. The van der Waals surface area contributed by atoms with Crippen molar-refractivity contribution in [3.05, 3.63) is 304 Å². The Hall–Kier alpha value is -10.9. The van der Waals surface area contributed by atoms with Crippen molar-refractivity contribution in [2.24, 2.45) is 48.7 Å². The molecule has 0 N–H and O–H groups in total. The van der Waals surface area contributed by atoms with Crippen LogP contribution in [0.25, 0.3) is 99.5 Å². The highest BCUT2D eigenvalue weighted by Gasteiger charge is 2.47. The van der Waals surface area contributed by atoms with Crippen LogP contribution in [0.4, 0.5) is 34.1 Å². The number of hydrogen-bond donors (Lipinski definition) is 0. The van der Waals surface area contributed by atoms with E-state index in [0.29, 0.717) is 28.7 Å². The first-order valence-corrected chi connectivity index (χ1v) is 50.3. The highest BCUT2D eigenvalue weighted by Crippen LogP contribution is 2.57. The van der Waals surface area contributed by atoms with Crippen LogP contribution in [0, 0.1) is 48.7 Å². The smallest absolute Gasteiger partial charge is 0.252 e. The van der Waals surface area contributed by atoms with Crippen LogP contribution in [0.3, 0.4) is 0 Å². The summed E-state index contributed by atoms with van der Waals surface area (Å²) >= 11 is 0. The fourth-order valence-corrected chi connectivity index (χ4v) is 21.5. The molecule has 2 aromatic heterocycles. The molecule has 0 spiro atoms. The number of aromatic nitrogens is 2. The molecule has 0 unspecified atom stereocenters. The van der Waals surface area contributed by atoms with Gasteiger partial charge in [0.05, 0.1) is 33.4 Å². The minimum atomic E-state index is -1.76. The van der Waals surface area contributed by atoms with Crippen LogP contribution < -0.4 is 26.2 Å². The second kappa shape index (κ2) is 34.6. The van der Waals surface area contributed by atoms with Crippen LogP contribution in [0.2, 0.25) is 0 Å². The molecule has 0 saturated carbocycles. The van der Waals surface area contributed by atoms with Crippen LogP contribution in [-0.4, -0.2) is 15.8 Å². The molecule has 0 aliphatic carbocycles. The van der Waals surface area contributed by atoms with Gasteiger partial charge in [0.1, 0.15) is 0 Å². The molecule has 2 aliphatic heterocycles. The summed E-state index contributed by atoms with van der Waals surface area (Å²) in [6.07, 6.45) is -2.95. The quantitative estimate of drug-likeness (QED) is 0.0845. The number of benzene rings is 13. The third kappa shape index (κ3) is 20.9. The normalized spacial score (nSPS) is 15.1. The Morgan fingerprint density at radius 3 is 0.713 bits per heavy atom. The second-order valence-corrected chi connectivity index (χ2v) is 52.6. The largest absolute Gasteiger partial charge is 0.310 e. The first kappa shape index (κ1) is 86.7. The van der Waals surface area contributed by atoms with E-state index in [9.17, 15) is 11.0 Å².